The second-order valence-corrected chi connectivity index (χ2v) is 5.07. The number of halogens is 1. The Morgan fingerprint density at radius 3 is 2.36 bits per heavy atom. The van der Waals surface area contributed by atoms with Gasteiger partial charge >= 0.3 is 5.97 Å². The van der Waals surface area contributed by atoms with Gasteiger partial charge in [0.15, 0.2) is 0 Å². The van der Waals surface area contributed by atoms with E-state index in [4.69, 9.17) is 30.5 Å². The van der Waals surface area contributed by atoms with E-state index < -0.39 is 5.97 Å². The van der Waals surface area contributed by atoms with Crippen molar-refractivity contribution in [3.05, 3.63) is 22.7 Å². The molecule has 1 aromatic rings. The van der Waals surface area contributed by atoms with Crippen LogP contribution in [0, 0.1) is 0 Å². The summed E-state index contributed by atoms with van der Waals surface area (Å²) >= 11 is 6.16. The molecule has 0 amide bonds. The number of benzene rings is 1. The van der Waals surface area contributed by atoms with Gasteiger partial charge in [-0.2, -0.15) is 0 Å². The first-order valence-electron chi connectivity index (χ1n) is 7.30. The largest absolute Gasteiger partial charge is 0.493 e. The molecule has 1 rings (SSSR count). The fourth-order valence-corrected chi connectivity index (χ4v) is 1.96. The first-order valence-corrected chi connectivity index (χ1v) is 7.68. The zero-order valence-corrected chi connectivity index (χ0v) is 14.1. The van der Waals surface area contributed by atoms with Crippen molar-refractivity contribution in [2.45, 2.75) is 26.2 Å². The molecular formula is C16H23ClO5. The maximum Gasteiger partial charge on any atom is 0.341 e. The van der Waals surface area contributed by atoms with E-state index in [0.29, 0.717) is 41.9 Å². The fourth-order valence-electron chi connectivity index (χ4n) is 1.75. The minimum absolute atomic E-state index is 0.299. The zero-order chi connectivity index (χ0) is 16.4. The molecule has 0 aliphatic heterocycles. The number of hydrogen-bond acceptors (Lipinski definition) is 5. The van der Waals surface area contributed by atoms with E-state index in [0.717, 1.165) is 19.3 Å². The van der Waals surface area contributed by atoms with Gasteiger partial charge in [-0.15, -0.1) is 0 Å². The number of unbranched alkanes of at least 4 members (excludes halogenated alkanes) is 1. The summed E-state index contributed by atoms with van der Waals surface area (Å²) in [5.74, 6) is 0.419. The maximum absolute atomic E-state index is 11.8. The van der Waals surface area contributed by atoms with Crippen LogP contribution in [0.2, 0.25) is 5.02 Å². The molecule has 22 heavy (non-hydrogen) atoms. The highest BCUT2D eigenvalue weighted by Crippen LogP contribution is 2.33. The fraction of sp³-hybridized carbons (Fsp3) is 0.562. The molecule has 0 bridgehead atoms. The Hall–Kier alpha value is -1.46. The van der Waals surface area contributed by atoms with E-state index in [1.165, 1.54) is 13.2 Å². The SMILES string of the molecule is CCCCOc1cc(OCCCOC)c(Cl)cc1C(=O)OC. The van der Waals surface area contributed by atoms with Crippen LogP contribution in [0.5, 0.6) is 11.5 Å². The van der Waals surface area contributed by atoms with E-state index in [9.17, 15) is 4.79 Å². The summed E-state index contributed by atoms with van der Waals surface area (Å²) in [6.07, 6.45) is 2.65. The van der Waals surface area contributed by atoms with Gasteiger partial charge in [0.1, 0.15) is 17.1 Å². The Balaban J connectivity index is 2.89. The number of ether oxygens (including phenoxy) is 4. The Morgan fingerprint density at radius 2 is 1.73 bits per heavy atom. The van der Waals surface area contributed by atoms with Crippen LogP contribution < -0.4 is 9.47 Å². The van der Waals surface area contributed by atoms with Crippen molar-refractivity contribution in [1.29, 1.82) is 0 Å². The van der Waals surface area contributed by atoms with Gasteiger partial charge in [0.25, 0.3) is 0 Å². The Bertz CT molecular complexity index is 476. The van der Waals surface area contributed by atoms with Gasteiger partial charge in [0.2, 0.25) is 0 Å². The number of carbonyl (C=O) groups excluding carboxylic acids is 1. The summed E-state index contributed by atoms with van der Waals surface area (Å²) in [6.45, 7) is 3.67. The molecule has 0 fully saturated rings. The van der Waals surface area contributed by atoms with E-state index in [-0.39, 0.29) is 0 Å². The lowest BCUT2D eigenvalue weighted by Gasteiger charge is -2.14. The van der Waals surface area contributed by atoms with Crippen molar-refractivity contribution < 1.29 is 23.7 Å². The molecule has 0 radical (unpaired) electrons. The van der Waals surface area contributed by atoms with Crippen LogP contribution in [-0.4, -0.2) is 40.0 Å². The van der Waals surface area contributed by atoms with E-state index in [1.807, 2.05) is 0 Å². The molecule has 0 N–H and O–H groups in total. The summed E-state index contributed by atoms with van der Waals surface area (Å²) in [6, 6.07) is 3.15. The van der Waals surface area contributed by atoms with Crippen LogP contribution in [-0.2, 0) is 9.47 Å². The van der Waals surface area contributed by atoms with Gasteiger partial charge in [-0.25, -0.2) is 4.79 Å². The molecule has 6 heteroatoms. The number of methoxy groups -OCH3 is 2. The standard InChI is InChI=1S/C16H23ClO5/c1-4-5-8-21-14-11-15(22-9-6-7-19-2)13(17)10-12(14)16(18)20-3/h10-11H,4-9H2,1-3H3. The Kier molecular flexibility index (Phi) is 8.70. The summed E-state index contributed by atoms with van der Waals surface area (Å²) < 4.78 is 21.0. The van der Waals surface area contributed by atoms with Gasteiger partial charge in [0.05, 0.1) is 25.3 Å². The summed E-state index contributed by atoms with van der Waals surface area (Å²) in [5.41, 5.74) is 0.299. The molecule has 5 nitrogen and oxygen atoms in total. The van der Waals surface area contributed by atoms with Crippen molar-refractivity contribution in [3.8, 4) is 11.5 Å². The average molecular weight is 331 g/mol. The number of carbonyl (C=O) groups is 1. The Labute approximate surface area is 136 Å². The second-order valence-electron chi connectivity index (χ2n) is 4.67. The Morgan fingerprint density at radius 1 is 1.05 bits per heavy atom. The van der Waals surface area contributed by atoms with E-state index in [2.05, 4.69) is 6.92 Å². The minimum atomic E-state index is -0.487. The van der Waals surface area contributed by atoms with Crippen molar-refractivity contribution in [2.75, 3.05) is 34.0 Å². The number of esters is 1. The summed E-state index contributed by atoms with van der Waals surface area (Å²) in [4.78, 5) is 11.8. The van der Waals surface area contributed by atoms with Crippen LogP contribution in [0.25, 0.3) is 0 Å². The predicted octanol–water partition coefficient (Wildman–Crippen LogP) is 3.72. The minimum Gasteiger partial charge on any atom is -0.493 e. The molecule has 0 aromatic heterocycles. The van der Waals surface area contributed by atoms with Gasteiger partial charge < -0.3 is 18.9 Å². The molecule has 0 saturated heterocycles. The lowest BCUT2D eigenvalue weighted by Crippen LogP contribution is -2.08. The molecule has 0 saturated carbocycles. The quantitative estimate of drug-likeness (QED) is 0.483. The van der Waals surface area contributed by atoms with Crippen LogP contribution in [0.3, 0.4) is 0 Å². The third kappa shape index (κ3) is 5.73. The third-order valence-electron chi connectivity index (χ3n) is 2.95. The summed E-state index contributed by atoms with van der Waals surface area (Å²) in [5, 5.41) is 0.348. The normalized spacial score (nSPS) is 10.4. The predicted molar refractivity (Wildman–Crippen MR) is 85.2 cm³/mol. The molecular weight excluding hydrogens is 308 g/mol. The van der Waals surface area contributed by atoms with Gasteiger partial charge in [-0.3, -0.25) is 0 Å². The van der Waals surface area contributed by atoms with Crippen LogP contribution >= 0.6 is 11.6 Å². The molecule has 0 spiro atoms. The smallest absolute Gasteiger partial charge is 0.341 e. The average Bonchev–Trinajstić information content (AvgIpc) is 2.53. The lowest BCUT2D eigenvalue weighted by atomic mass is 10.2. The molecule has 1 aromatic carbocycles. The van der Waals surface area contributed by atoms with Crippen molar-refractivity contribution in [1.82, 2.24) is 0 Å². The van der Waals surface area contributed by atoms with Crippen molar-refractivity contribution >= 4 is 17.6 Å². The molecule has 0 aliphatic rings. The number of rotatable bonds is 10. The lowest BCUT2D eigenvalue weighted by molar-refractivity contribution is 0.0596. The maximum atomic E-state index is 11.8. The van der Waals surface area contributed by atoms with Gasteiger partial charge in [-0.05, 0) is 12.5 Å². The highest BCUT2D eigenvalue weighted by Gasteiger charge is 2.17. The number of hydrogen-bond donors (Lipinski definition) is 0. The molecule has 0 heterocycles. The van der Waals surface area contributed by atoms with Gasteiger partial charge in [-0.1, -0.05) is 24.9 Å². The monoisotopic (exact) mass is 330 g/mol. The topological polar surface area (TPSA) is 54.0 Å². The van der Waals surface area contributed by atoms with Crippen molar-refractivity contribution in [3.63, 3.8) is 0 Å². The second kappa shape index (κ2) is 10.3. The molecule has 0 unspecified atom stereocenters. The van der Waals surface area contributed by atoms with Crippen LogP contribution in [0.1, 0.15) is 36.5 Å². The van der Waals surface area contributed by atoms with E-state index in [1.54, 1.807) is 13.2 Å². The van der Waals surface area contributed by atoms with Crippen molar-refractivity contribution in [2.24, 2.45) is 0 Å². The third-order valence-corrected chi connectivity index (χ3v) is 3.24. The molecule has 0 atom stereocenters. The first-order chi connectivity index (χ1) is 10.6. The highest BCUT2D eigenvalue weighted by atomic mass is 35.5. The zero-order valence-electron chi connectivity index (χ0n) is 13.3. The van der Waals surface area contributed by atoms with Crippen LogP contribution in [0.4, 0.5) is 0 Å². The van der Waals surface area contributed by atoms with E-state index >= 15 is 0 Å². The van der Waals surface area contributed by atoms with Gasteiger partial charge in [0, 0.05) is 26.2 Å². The first kappa shape index (κ1) is 18.6. The summed E-state index contributed by atoms with van der Waals surface area (Å²) in [7, 11) is 2.96. The molecule has 124 valence electrons. The molecule has 0 aliphatic carbocycles. The highest BCUT2D eigenvalue weighted by molar-refractivity contribution is 6.32. The van der Waals surface area contributed by atoms with Crippen LogP contribution in [0.15, 0.2) is 12.1 Å².